The topological polar surface area (TPSA) is 84.9 Å². The molecule has 0 saturated heterocycles. The molecule has 0 aromatic heterocycles. The highest BCUT2D eigenvalue weighted by molar-refractivity contribution is 6.02. The zero-order valence-corrected chi connectivity index (χ0v) is 12.6. The summed E-state index contributed by atoms with van der Waals surface area (Å²) < 4.78 is 10.8. The third-order valence-electron chi connectivity index (χ3n) is 3.32. The quantitative estimate of drug-likeness (QED) is 0.882. The second kappa shape index (κ2) is 6.34. The third kappa shape index (κ3) is 2.95. The molecule has 0 spiro atoms. The van der Waals surface area contributed by atoms with Crippen LogP contribution in [0.4, 0.5) is 0 Å². The standard InChI is InChI=1S/C16H17NO5/c1-9-6-13(21-2)12-7-10(16(20)17-8-14(18)19)4-5-11(12)15(9)22-3/h4-7H,8H2,1-3H3,(H,17,20)(H,18,19). The van der Waals surface area contributed by atoms with Crippen molar-refractivity contribution in [3.63, 3.8) is 0 Å². The van der Waals surface area contributed by atoms with Crippen LogP contribution in [-0.2, 0) is 4.79 Å². The lowest BCUT2D eigenvalue weighted by molar-refractivity contribution is -0.135. The van der Waals surface area contributed by atoms with Gasteiger partial charge in [-0.2, -0.15) is 0 Å². The molecule has 2 aromatic carbocycles. The monoisotopic (exact) mass is 303 g/mol. The number of aliphatic carboxylic acids is 1. The van der Waals surface area contributed by atoms with Crippen molar-refractivity contribution in [2.24, 2.45) is 0 Å². The molecule has 0 bridgehead atoms. The maximum atomic E-state index is 12.0. The van der Waals surface area contributed by atoms with E-state index in [0.29, 0.717) is 17.1 Å². The summed E-state index contributed by atoms with van der Waals surface area (Å²) in [4.78, 5) is 22.5. The van der Waals surface area contributed by atoms with Crippen LogP contribution in [0.2, 0.25) is 0 Å². The number of carboxylic acid groups (broad SMARTS) is 1. The van der Waals surface area contributed by atoms with E-state index in [4.69, 9.17) is 14.6 Å². The first-order valence-corrected chi connectivity index (χ1v) is 6.63. The lowest BCUT2D eigenvalue weighted by Crippen LogP contribution is -2.29. The van der Waals surface area contributed by atoms with Crippen LogP contribution < -0.4 is 14.8 Å². The Bertz CT molecular complexity index is 739. The van der Waals surface area contributed by atoms with Crippen molar-refractivity contribution in [2.45, 2.75) is 6.92 Å². The smallest absolute Gasteiger partial charge is 0.322 e. The molecule has 116 valence electrons. The summed E-state index contributed by atoms with van der Waals surface area (Å²) in [6, 6.07) is 6.88. The fourth-order valence-corrected chi connectivity index (χ4v) is 2.34. The zero-order chi connectivity index (χ0) is 16.3. The van der Waals surface area contributed by atoms with Crippen LogP contribution in [0.3, 0.4) is 0 Å². The fourth-order valence-electron chi connectivity index (χ4n) is 2.34. The van der Waals surface area contributed by atoms with E-state index in [1.165, 1.54) is 0 Å². The predicted molar refractivity (Wildman–Crippen MR) is 81.8 cm³/mol. The SMILES string of the molecule is COc1cc(C)c(OC)c2ccc(C(=O)NCC(=O)O)cc12. The average molecular weight is 303 g/mol. The van der Waals surface area contributed by atoms with E-state index in [9.17, 15) is 9.59 Å². The van der Waals surface area contributed by atoms with E-state index >= 15 is 0 Å². The molecule has 0 radical (unpaired) electrons. The van der Waals surface area contributed by atoms with Gasteiger partial charge in [0.1, 0.15) is 18.0 Å². The highest BCUT2D eigenvalue weighted by atomic mass is 16.5. The molecule has 0 aliphatic heterocycles. The van der Waals surface area contributed by atoms with Gasteiger partial charge in [0.25, 0.3) is 5.91 Å². The lowest BCUT2D eigenvalue weighted by Gasteiger charge is -2.14. The van der Waals surface area contributed by atoms with Crippen LogP contribution in [0.25, 0.3) is 10.8 Å². The molecule has 2 N–H and O–H groups in total. The predicted octanol–water partition coefficient (Wildman–Crippen LogP) is 1.98. The maximum Gasteiger partial charge on any atom is 0.322 e. The summed E-state index contributed by atoms with van der Waals surface area (Å²) in [5, 5.41) is 12.5. The number of carboxylic acids is 1. The Kier molecular flexibility index (Phi) is 4.50. The van der Waals surface area contributed by atoms with Crippen LogP contribution in [-0.4, -0.2) is 37.7 Å². The summed E-state index contributed by atoms with van der Waals surface area (Å²) in [5.74, 6) is -0.204. The van der Waals surface area contributed by atoms with Gasteiger partial charge in [-0.05, 0) is 36.8 Å². The van der Waals surface area contributed by atoms with E-state index in [1.54, 1.807) is 32.4 Å². The Morgan fingerprint density at radius 3 is 2.45 bits per heavy atom. The fraction of sp³-hybridized carbons (Fsp3) is 0.250. The number of nitrogens with one attached hydrogen (secondary N) is 1. The van der Waals surface area contributed by atoms with Crippen LogP contribution in [0.15, 0.2) is 24.3 Å². The van der Waals surface area contributed by atoms with Gasteiger partial charge in [0.2, 0.25) is 0 Å². The Balaban J connectivity index is 2.51. The van der Waals surface area contributed by atoms with E-state index in [1.807, 2.05) is 13.0 Å². The molecule has 2 aromatic rings. The van der Waals surface area contributed by atoms with E-state index < -0.39 is 18.4 Å². The van der Waals surface area contributed by atoms with Crippen molar-refractivity contribution in [3.05, 3.63) is 35.4 Å². The minimum atomic E-state index is -1.09. The minimum absolute atomic E-state index is 0.359. The lowest BCUT2D eigenvalue weighted by atomic mass is 10.0. The van der Waals surface area contributed by atoms with Crippen molar-refractivity contribution in [3.8, 4) is 11.5 Å². The average Bonchev–Trinajstić information content (AvgIpc) is 2.51. The third-order valence-corrected chi connectivity index (χ3v) is 3.32. The second-order valence-electron chi connectivity index (χ2n) is 4.77. The van der Waals surface area contributed by atoms with Crippen LogP contribution in [0.5, 0.6) is 11.5 Å². The van der Waals surface area contributed by atoms with Crippen LogP contribution >= 0.6 is 0 Å². The number of carbonyl (C=O) groups excluding carboxylic acids is 1. The van der Waals surface area contributed by atoms with Crippen molar-refractivity contribution < 1.29 is 24.2 Å². The van der Waals surface area contributed by atoms with Crippen molar-refractivity contribution in [2.75, 3.05) is 20.8 Å². The van der Waals surface area contributed by atoms with Gasteiger partial charge in [-0.1, -0.05) is 0 Å². The number of carbonyl (C=O) groups is 2. The molecule has 22 heavy (non-hydrogen) atoms. The molecule has 0 unspecified atom stereocenters. The molecule has 0 heterocycles. The van der Waals surface area contributed by atoms with Gasteiger partial charge >= 0.3 is 5.97 Å². The van der Waals surface area contributed by atoms with Gasteiger partial charge in [-0.25, -0.2) is 0 Å². The van der Waals surface area contributed by atoms with Crippen LogP contribution in [0.1, 0.15) is 15.9 Å². The first-order valence-electron chi connectivity index (χ1n) is 6.63. The number of hydrogen-bond donors (Lipinski definition) is 2. The summed E-state index contributed by atoms with van der Waals surface area (Å²) in [6.07, 6.45) is 0. The number of aryl methyl sites for hydroxylation is 1. The summed E-state index contributed by atoms with van der Waals surface area (Å²) in [6.45, 7) is 1.49. The molecular weight excluding hydrogens is 286 g/mol. The van der Waals surface area contributed by atoms with Crippen molar-refractivity contribution >= 4 is 22.6 Å². The molecule has 6 heteroatoms. The number of amides is 1. The minimum Gasteiger partial charge on any atom is -0.496 e. The molecule has 0 saturated carbocycles. The first-order chi connectivity index (χ1) is 10.5. The Morgan fingerprint density at radius 2 is 1.86 bits per heavy atom. The maximum absolute atomic E-state index is 12.0. The van der Waals surface area contributed by atoms with Gasteiger partial charge in [-0.15, -0.1) is 0 Å². The molecule has 0 aliphatic rings. The largest absolute Gasteiger partial charge is 0.496 e. The molecule has 1 amide bonds. The van der Waals surface area contributed by atoms with E-state index in [2.05, 4.69) is 5.32 Å². The number of ether oxygens (including phenoxy) is 2. The highest BCUT2D eigenvalue weighted by Crippen LogP contribution is 2.36. The Morgan fingerprint density at radius 1 is 1.14 bits per heavy atom. The first kappa shape index (κ1) is 15.6. The molecule has 6 nitrogen and oxygen atoms in total. The van der Waals surface area contributed by atoms with E-state index in [-0.39, 0.29) is 0 Å². The normalized spacial score (nSPS) is 10.3. The summed E-state index contributed by atoms with van der Waals surface area (Å²) >= 11 is 0. The van der Waals surface area contributed by atoms with Crippen molar-refractivity contribution in [1.29, 1.82) is 0 Å². The molecule has 0 aliphatic carbocycles. The van der Waals surface area contributed by atoms with Gasteiger partial charge in [0, 0.05) is 16.3 Å². The van der Waals surface area contributed by atoms with Crippen LogP contribution in [0, 0.1) is 6.92 Å². The second-order valence-corrected chi connectivity index (χ2v) is 4.77. The highest BCUT2D eigenvalue weighted by Gasteiger charge is 2.14. The number of hydrogen-bond acceptors (Lipinski definition) is 4. The van der Waals surface area contributed by atoms with Gasteiger partial charge in [-0.3, -0.25) is 9.59 Å². The Labute approximate surface area is 127 Å². The van der Waals surface area contributed by atoms with Crippen molar-refractivity contribution in [1.82, 2.24) is 5.32 Å². The van der Waals surface area contributed by atoms with E-state index in [0.717, 1.165) is 16.3 Å². The number of fused-ring (bicyclic) bond motifs is 1. The molecular formula is C16H17NO5. The number of benzene rings is 2. The summed E-state index contributed by atoms with van der Waals surface area (Å²) in [5.41, 5.74) is 1.29. The van der Waals surface area contributed by atoms with Gasteiger partial charge in [0.15, 0.2) is 0 Å². The Hall–Kier alpha value is -2.76. The molecule has 2 rings (SSSR count). The summed E-state index contributed by atoms with van der Waals surface area (Å²) in [7, 11) is 3.14. The molecule has 0 fully saturated rings. The molecule has 0 atom stereocenters. The zero-order valence-electron chi connectivity index (χ0n) is 12.6. The number of methoxy groups -OCH3 is 2. The van der Waals surface area contributed by atoms with Gasteiger partial charge in [0.05, 0.1) is 14.2 Å². The number of rotatable bonds is 5. The van der Waals surface area contributed by atoms with Gasteiger partial charge < -0.3 is 19.9 Å².